The Morgan fingerprint density at radius 2 is 1.86 bits per heavy atom. The fourth-order valence-electron chi connectivity index (χ4n) is 2.86. The van der Waals surface area contributed by atoms with E-state index in [1.807, 2.05) is 11.8 Å². The molecular formula is C17H26N2OS. The lowest BCUT2D eigenvalue weighted by Gasteiger charge is -2.28. The van der Waals surface area contributed by atoms with Gasteiger partial charge in [-0.25, -0.2) is 0 Å². The van der Waals surface area contributed by atoms with Gasteiger partial charge in [-0.3, -0.25) is 10.1 Å². The van der Waals surface area contributed by atoms with Crippen LogP contribution in [-0.2, 0) is 4.79 Å². The first-order valence-electron chi connectivity index (χ1n) is 7.81. The van der Waals surface area contributed by atoms with E-state index < -0.39 is 0 Å². The lowest BCUT2D eigenvalue weighted by molar-refractivity contribution is -0.130. The Bertz CT molecular complexity index is 470. The smallest absolute Gasteiger partial charge is 0.241 e. The van der Waals surface area contributed by atoms with Gasteiger partial charge in [0.05, 0.1) is 6.04 Å². The molecule has 0 spiro atoms. The van der Waals surface area contributed by atoms with Crippen LogP contribution in [0.25, 0.3) is 0 Å². The Kier molecular flexibility index (Phi) is 5.71. The van der Waals surface area contributed by atoms with E-state index in [4.69, 9.17) is 0 Å². The minimum atomic E-state index is -0.0930. The third-order valence-electron chi connectivity index (χ3n) is 4.41. The van der Waals surface area contributed by atoms with E-state index in [0.717, 1.165) is 19.4 Å². The summed E-state index contributed by atoms with van der Waals surface area (Å²) in [6.07, 6.45) is 4.33. The van der Waals surface area contributed by atoms with Gasteiger partial charge < -0.3 is 4.90 Å². The van der Waals surface area contributed by atoms with Crippen LogP contribution < -0.4 is 5.32 Å². The lowest BCUT2D eigenvalue weighted by Crippen LogP contribution is -2.34. The van der Waals surface area contributed by atoms with E-state index in [2.05, 4.69) is 49.7 Å². The van der Waals surface area contributed by atoms with Crippen molar-refractivity contribution in [3.05, 3.63) is 29.8 Å². The van der Waals surface area contributed by atoms with Crippen molar-refractivity contribution in [2.24, 2.45) is 5.92 Å². The zero-order valence-corrected chi connectivity index (χ0v) is 14.2. The van der Waals surface area contributed by atoms with Gasteiger partial charge in [0.2, 0.25) is 5.91 Å². The molecule has 1 aliphatic rings. The molecule has 21 heavy (non-hydrogen) atoms. The monoisotopic (exact) mass is 306 g/mol. The molecule has 1 aliphatic heterocycles. The van der Waals surface area contributed by atoms with Crippen molar-refractivity contribution < 1.29 is 4.79 Å². The first-order chi connectivity index (χ1) is 10.1. The van der Waals surface area contributed by atoms with Gasteiger partial charge in [-0.2, -0.15) is 0 Å². The van der Waals surface area contributed by atoms with Gasteiger partial charge in [-0.15, -0.1) is 11.8 Å². The van der Waals surface area contributed by atoms with E-state index in [0.29, 0.717) is 5.92 Å². The summed E-state index contributed by atoms with van der Waals surface area (Å²) >= 11 is 1.74. The number of thioether (sulfide) groups is 1. The van der Waals surface area contributed by atoms with Crippen LogP contribution in [0.2, 0.25) is 0 Å². The number of carbonyl (C=O) groups is 1. The van der Waals surface area contributed by atoms with Gasteiger partial charge in [0, 0.05) is 11.4 Å². The standard InChI is InChI=1S/C17H26N2OS/c1-5-13(6-2)11-19-16(18-12(3)17(19)20)14-7-9-15(21-4)10-8-14/h7-10,12-13,16,18H,5-6,11H2,1-4H3. The summed E-state index contributed by atoms with van der Waals surface area (Å²) in [5.74, 6) is 0.801. The third kappa shape index (κ3) is 3.61. The fraction of sp³-hybridized carbons (Fsp3) is 0.588. The lowest BCUT2D eigenvalue weighted by atomic mass is 10.0. The summed E-state index contributed by atoms with van der Waals surface area (Å²) in [4.78, 5) is 15.7. The minimum Gasteiger partial charge on any atom is -0.321 e. The van der Waals surface area contributed by atoms with E-state index >= 15 is 0 Å². The van der Waals surface area contributed by atoms with Gasteiger partial charge in [-0.05, 0) is 36.8 Å². The van der Waals surface area contributed by atoms with Crippen LogP contribution in [0.3, 0.4) is 0 Å². The summed E-state index contributed by atoms with van der Waals surface area (Å²) < 4.78 is 0. The molecule has 0 aromatic heterocycles. The molecule has 116 valence electrons. The molecule has 1 aromatic carbocycles. The van der Waals surface area contributed by atoms with Gasteiger partial charge in [-0.1, -0.05) is 38.8 Å². The van der Waals surface area contributed by atoms with Crippen molar-refractivity contribution in [2.75, 3.05) is 12.8 Å². The van der Waals surface area contributed by atoms with Gasteiger partial charge in [0.15, 0.2) is 0 Å². The molecule has 1 N–H and O–H groups in total. The van der Waals surface area contributed by atoms with Crippen molar-refractivity contribution in [2.45, 2.75) is 50.7 Å². The molecule has 3 nitrogen and oxygen atoms in total. The first kappa shape index (κ1) is 16.4. The Hall–Kier alpha value is -1.00. The molecule has 1 fully saturated rings. The van der Waals surface area contributed by atoms with E-state index in [1.165, 1.54) is 10.5 Å². The topological polar surface area (TPSA) is 32.3 Å². The number of nitrogens with one attached hydrogen (secondary N) is 1. The summed E-state index contributed by atoms with van der Waals surface area (Å²) in [6.45, 7) is 7.21. The molecule has 1 aromatic rings. The molecule has 0 saturated carbocycles. The second kappa shape index (κ2) is 7.32. The number of benzene rings is 1. The highest BCUT2D eigenvalue weighted by atomic mass is 32.2. The average Bonchev–Trinajstić information content (AvgIpc) is 2.80. The van der Waals surface area contributed by atoms with Gasteiger partial charge >= 0.3 is 0 Å². The van der Waals surface area contributed by atoms with Crippen LogP contribution >= 0.6 is 11.8 Å². The van der Waals surface area contributed by atoms with Crippen LogP contribution in [0, 0.1) is 5.92 Å². The maximum absolute atomic E-state index is 12.4. The number of hydrogen-bond donors (Lipinski definition) is 1. The highest BCUT2D eigenvalue weighted by Crippen LogP contribution is 2.28. The normalized spacial score (nSPS) is 22.3. The zero-order valence-electron chi connectivity index (χ0n) is 13.4. The Labute approximate surface area is 132 Å². The van der Waals surface area contributed by atoms with Gasteiger partial charge in [0.25, 0.3) is 0 Å². The summed E-state index contributed by atoms with van der Waals surface area (Å²) in [5, 5.41) is 3.43. The highest BCUT2D eigenvalue weighted by Gasteiger charge is 2.37. The molecular weight excluding hydrogens is 280 g/mol. The van der Waals surface area contributed by atoms with Crippen molar-refractivity contribution in [3.8, 4) is 0 Å². The molecule has 1 amide bonds. The summed E-state index contributed by atoms with van der Waals surface area (Å²) in [5.41, 5.74) is 1.18. The Morgan fingerprint density at radius 3 is 2.38 bits per heavy atom. The van der Waals surface area contributed by atoms with Crippen LogP contribution in [0.1, 0.15) is 45.3 Å². The second-order valence-electron chi connectivity index (χ2n) is 5.74. The van der Waals surface area contributed by atoms with Crippen LogP contribution in [0.4, 0.5) is 0 Å². The minimum absolute atomic E-state index is 0.0176. The largest absolute Gasteiger partial charge is 0.321 e. The molecule has 1 heterocycles. The average molecular weight is 306 g/mol. The van der Waals surface area contributed by atoms with Crippen molar-refractivity contribution in [1.82, 2.24) is 10.2 Å². The quantitative estimate of drug-likeness (QED) is 0.814. The van der Waals surface area contributed by atoms with Crippen molar-refractivity contribution in [1.29, 1.82) is 0 Å². The predicted molar refractivity (Wildman–Crippen MR) is 89.3 cm³/mol. The molecule has 2 atom stereocenters. The number of amides is 1. The summed E-state index contributed by atoms with van der Waals surface area (Å²) in [6, 6.07) is 8.43. The number of rotatable bonds is 6. The Morgan fingerprint density at radius 1 is 1.24 bits per heavy atom. The molecule has 2 rings (SSSR count). The molecule has 4 heteroatoms. The fourth-order valence-corrected chi connectivity index (χ4v) is 3.27. The van der Waals surface area contributed by atoms with E-state index in [9.17, 15) is 4.79 Å². The molecule has 2 unspecified atom stereocenters. The SMILES string of the molecule is CCC(CC)CN1C(=O)C(C)NC1c1ccc(SC)cc1. The molecule has 0 aliphatic carbocycles. The predicted octanol–water partition coefficient (Wildman–Crippen LogP) is 3.66. The third-order valence-corrected chi connectivity index (χ3v) is 5.16. The van der Waals surface area contributed by atoms with Crippen LogP contribution in [-0.4, -0.2) is 29.6 Å². The number of nitrogens with zero attached hydrogens (tertiary/aromatic N) is 1. The molecule has 1 saturated heterocycles. The van der Waals surface area contributed by atoms with Crippen LogP contribution in [0.15, 0.2) is 29.2 Å². The summed E-state index contributed by atoms with van der Waals surface area (Å²) in [7, 11) is 0. The van der Waals surface area contributed by atoms with E-state index in [-0.39, 0.29) is 18.1 Å². The van der Waals surface area contributed by atoms with Crippen LogP contribution in [0.5, 0.6) is 0 Å². The Balaban J connectivity index is 2.20. The first-order valence-corrected chi connectivity index (χ1v) is 9.03. The second-order valence-corrected chi connectivity index (χ2v) is 6.62. The molecule has 0 bridgehead atoms. The van der Waals surface area contributed by atoms with E-state index in [1.54, 1.807) is 11.8 Å². The highest BCUT2D eigenvalue weighted by molar-refractivity contribution is 7.98. The van der Waals surface area contributed by atoms with Crippen molar-refractivity contribution in [3.63, 3.8) is 0 Å². The van der Waals surface area contributed by atoms with Crippen molar-refractivity contribution >= 4 is 17.7 Å². The number of hydrogen-bond acceptors (Lipinski definition) is 3. The zero-order chi connectivity index (χ0) is 15.4. The maximum Gasteiger partial charge on any atom is 0.241 e. The maximum atomic E-state index is 12.4. The molecule has 0 radical (unpaired) electrons. The van der Waals surface area contributed by atoms with Gasteiger partial charge in [0.1, 0.15) is 6.17 Å². The number of carbonyl (C=O) groups excluding carboxylic acids is 1.